The van der Waals surface area contributed by atoms with Crippen LogP contribution in [0.4, 0.5) is 0 Å². The lowest BCUT2D eigenvalue weighted by molar-refractivity contribution is -0.117. The molecule has 1 heterocycles. The highest BCUT2D eigenvalue weighted by atomic mass is 16.5. The monoisotopic (exact) mass is 453 g/mol. The molecule has 6 nitrogen and oxygen atoms in total. The topological polar surface area (TPSA) is 83.2 Å². The molecule has 4 aromatic rings. The molecule has 4 rings (SSSR count). The summed E-state index contributed by atoms with van der Waals surface area (Å²) in [6, 6.07) is 22.6. The number of carbonyl (C=O) groups is 2. The van der Waals surface area contributed by atoms with Crippen LogP contribution in [0.15, 0.2) is 84.7 Å². The molecule has 3 aromatic carbocycles. The number of benzene rings is 3. The second-order valence-corrected chi connectivity index (χ2v) is 8.02. The third-order valence-electron chi connectivity index (χ3n) is 5.55. The van der Waals surface area contributed by atoms with Gasteiger partial charge in [-0.1, -0.05) is 48.0 Å². The Hall–Kier alpha value is -4.32. The van der Waals surface area contributed by atoms with Crippen LogP contribution in [0.2, 0.25) is 0 Å². The minimum Gasteiger partial charge on any atom is -0.497 e. The number of nitrogens with one attached hydrogen (secondary N) is 3. The summed E-state index contributed by atoms with van der Waals surface area (Å²) in [4.78, 5) is 29.2. The Morgan fingerprint density at radius 1 is 1.00 bits per heavy atom. The fourth-order valence-electron chi connectivity index (χ4n) is 3.75. The van der Waals surface area contributed by atoms with E-state index in [4.69, 9.17) is 4.74 Å². The normalized spacial score (nSPS) is 11.3. The van der Waals surface area contributed by atoms with Crippen molar-refractivity contribution in [3.05, 3.63) is 107 Å². The number of aromatic amines is 1. The molecule has 0 saturated carbocycles. The summed E-state index contributed by atoms with van der Waals surface area (Å²) in [5.74, 6) is 0.0255. The Morgan fingerprint density at radius 3 is 2.56 bits per heavy atom. The number of amides is 2. The molecule has 3 N–H and O–H groups in total. The summed E-state index contributed by atoms with van der Waals surface area (Å²) < 4.78 is 5.20. The van der Waals surface area contributed by atoms with Gasteiger partial charge in [0.2, 0.25) is 0 Å². The van der Waals surface area contributed by atoms with E-state index in [0.29, 0.717) is 24.3 Å². The van der Waals surface area contributed by atoms with Crippen LogP contribution >= 0.6 is 0 Å². The Morgan fingerprint density at radius 2 is 1.79 bits per heavy atom. The van der Waals surface area contributed by atoms with Gasteiger partial charge in [0.25, 0.3) is 11.8 Å². The van der Waals surface area contributed by atoms with E-state index < -0.39 is 0 Å². The van der Waals surface area contributed by atoms with Crippen molar-refractivity contribution < 1.29 is 14.3 Å². The van der Waals surface area contributed by atoms with Gasteiger partial charge in [-0.05, 0) is 60.9 Å². The number of ether oxygens (including phenoxy) is 1. The first-order valence-corrected chi connectivity index (χ1v) is 11.1. The third kappa shape index (κ3) is 5.53. The van der Waals surface area contributed by atoms with Gasteiger partial charge in [0.1, 0.15) is 11.4 Å². The minimum absolute atomic E-state index is 0.176. The molecular formula is C28H27N3O3. The summed E-state index contributed by atoms with van der Waals surface area (Å²) in [6.07, 6.45) is 4.29. The van der Waals surface area contributed by atoms with Crippen LogP contribution in [0, 0.1) is 6.92 Å². The molecular weight excluding hydrogens is 426 g/mol. The molecule has 172 valence electrons. The third-order valence-corrected chi connectivity index (χ3v) is 5.55. The lowest BCUT2D eigenvalue weighted by atomic mass is 10.1. The van der Waals surface area contributed by atoms with E-state index in [2.05, 4.69) is 21.7 Å². The molecule has 0 aliphatic carbocycles. The summed E-state index contributed by atoms with van der Waals surface area (Å²) in [5.41, 5.74) is 4.60. The van der Waals surface area contributed by atoms with Gasteiger partial charge in [0, 0.05) is 29.2 Å². The predicted octanol–water partition coefficient (Wildman–Crippen LogP) is 4.61. The highest BCUT2D eigenvalue weighted by molar-refractivity contribution is 6.05. The van der Waals surface area contributed by atoms with E-state index in [1.165, 1.54) is 0 Å². The maximum atomic E-state index is 13.1. The van der Waals surface area contributed by atoms with Gasteiger partial charge in [-0.25, -0.2) is 0 Å². The predicted molar refractivity (Wildman–Crippen MR) is 135 cm³/mol. The first kappa shape index (κ1) is 22.9. The molecule has 0 fully saturated rings. The van der Waals surface area contributed by atoms with Crippen LogP contribution in [0.25, 0.3) is 17.0 Å². The van der Waals surface area contributed by atoms with E-state index in [-0.39, 0.29) is 17.5 Å². The lowest BCUT2D eigenvalue weighted by Gasteiger charge is -2.12. The summed E-state index contributed by atoms with van der Waals surface area (Å²) in [7, 11) is 1.60. The molecule has 0 radical (unpaired) electrons. The van der Waals surface area contributed by atoms with Crippen molar-refractivity contribution in [2.75, 3.05) is 13.7 Å². The van der Waals surface area contributed by atoms with E-state index in [0.717, 1.165) is 27.6 Å². The molecule has 0 atom stereocenters. The van der Waals surface area contributed by atoms with Crippen LogP contribution in [0.3, 0.4) is 0 Å². The maximum absolute atomic E-state index is 13.1. The van der Waals surface area contributed by atoms with Crippen molar-refractivity contribution in [2.45, 2.75) is 13.3 Å². The lowest BCUT2D eigenvalue weighted by Crippen LogP contribution is -2.35. The standard InChI is InChI=1S/C28H27N3O3/c1-19-6-5-7-21(16-19)27(32)31-26(17-20-10-12-23(34-2)13-11-20)28(33)29-15-14-22-18-30-25-9-4-3-8-24(22)25/h3-13,16-18,30H,14-15H2,1-2H3,(H,29,33)(H,31,32)/b26-17-. The van der Waals surface area contributed by atoms with Gasteiger partial charge < -0.3 is 20.4 Å². The van der Waals surface area contributed by atoms with E-state index in [1.807, 2.05) is 55.6 Å². The molecule has 2 amide bonds. The van der Waals surface area contributed by atoms with E-state index in [9.17, 15) is 9.59 Å². The summed E-state index contributed by atoms with van der Waals surface area (Å²) in [6.45, 7) is 2.35. The number of para-hydroxylation sites is 1. The van der Waals surface area contributed by atoms with Gasteiger partial charge in [-0.2, -0.15) is 0 Å². The van der Waals surface area contributed by atoms with Gasteiger partial charge in [0.05, 0.1) is 7.11 Å². The van der Waals surface area contributed by atoms with Crippen molar-refractivity contribution in [3.8, 4) is 5.75 Å². The Balaban J connectivity index is 1.50. The van der Waals surface area contributed by atoms with Crippen LogP contribution < -0.4 is 15.4 Å². The molecule has 0 bridgehead atoms. The number of aromatic nitrogens is 1. The van der Waals surface area contributed by atoms with Gasteiger partial charge in [-0.3, -0.25) is 9.59 Å². The average molecular weight is 454 g/mol. The molecule has 1 aromatic heterocycles. The Kier molecular flexibility index (Phi) is 7.08. The number of fused-ring (bicyclic) bond motifs is 1. The number of H-pyrrole nitrogens is 1. The number of aryl methyl sites for hydroxylation is 1. The van der Waals surface area contributed by atoms with E-state index in [1.54, 1.807) is 37.5 Å². The zero-order valence-electron chi connectivity index (χ0n) is 19.2. The number of hydrogen-bond donors (Lipinski definition) is 3. The summed E-state index contributed by atoms with van der Waals surface area (Å²) in [5, 5.41) is 6.86. The molecule has 0 aliphatic rings. The molecule has 34 heavy (non-hydrogen) atoms. The maximum Gasteiger partial charge on any atom is 0.267 e. The molecule has 0 unspecified atom stereocenters. The van der Waals surface area contributed by atoms with Crippen molar-refractivity contribution in [3.63, 3.8) is 0 Å². The molecule has 0 aliphatic heterocycles. The fourth-order valence-corrected chi connectivity index (χ4v) is 3.75. The zero-order valence-corrected chi connectivity index (χ0v) is 19.2. The molecule has 0 saturated heterocycles. The second-order valence-electron chi connectivity index (χ2n) is 8.02. The number of rotatable bonds is 8. The summed E-state index contributed by atoms with van der Waals surface area (Å²) >= 11 is 0. The molecule has 0 spiro atoms. The number of hydrogen-bond acceptors (Lipinski definition) is 3. The van der Waals surface area contributed by atoms with Crippen LogP contribution in [-0.2, 0) is 11.2 Å². The average Bonchev–Trinajstić information content (AvgIpc) is 3.27. The van der Waals surface area contributed by atoms with Gasteiger partial charge >= 0.3 is 0 Å². The number of carbonyl (C=O) groups excluding carboxylic acids is 2. The number of methoxy groups -OCH3 is 1. The van der Waals surface area contributed by atoms with Crippen LogP contribution in [0.1, 0.15) is 27.0 Å². The van der Waals surface area contributed by atoms with Gasteiger partial charge in [0.15, 0.2) is 0 Å². The fraction of sp³-hybridized carbons (Fsp3) is 0.143. The molecule has 6 heteroatoms. The van der Waals surface area contributed by atoms with Crippen molar-refractivity contribution in [1.82, 2.24) is 15.6 Å². The highest BCUT2D eigenvalue weighted by Gasteiger charge is 2.15. The quantitative estimate of drug-likeness (QED) is 0.341. The second kappa shape index (κ2) is 10.5. The first-order valence-electron chi connectivity index (χ1n) is 11.1. The van der Waals surface area contributed by atoms with E-state index >= 15 is 0 Å². The van der Waals surface area contributed by atoms with Crippen LogP contribution in [0.5, 0.6) is 5.75 Å². The Labute approximate surface area is 198 Å². The Bertz CT molecular complexity index is 1340. The highest BCUT2D eigenvalue weighted by Crippen LogP contribution is 2.18. The first-order chi connectivity index (χ1) is 16.5. The van der Waals surface area contributed by atoms with Gasteiger partial charge in [-0.15, -0.1) is 0 Å². The van der Waals surface area contributed by atoms with Crippen molar-refractivity contribution in [1.29, 1.82) is 0 Å². The van der Waals surface area contributed by atoms with Crippen molar-refractivity contribution >= 4 is 28.8 Å². The van der Waals surface area contributed by atoms with Crippen LogP contribution in [-0.4, -0.2) is 30.5 Å². The smallest absolute Gasteiger partial charge is 0.267 e. The largest absolute Gasteiger partial charge is 0.497 e. The van der Waals surface area contributed by atoms with Crippen molar-refractivity contribution in [2.24, 2.45) is 0 Å². The SMILES string of the molecule is COc1ccc(/C=C(\NC(=O)c2cccc(C)c2)C(=O)NCCc2c[nH]c3ccccc23)cc1. The minimum atomic E-state index is -0.350. The zero-order chi connectivity index (χ0) is 23.9.